The summed E-state index contributed by atoms with van der Waals surface area (Å²) in [6.07, 6.45) is 12.9. The molecule has 0 aliphatic heterocycles. The number of hydrogen-bond acceptors (Lipinski definition) is 4. The lowest BCUT2D eigenvalue weighted by Crippen LogP contribution is -2.51. The summed E-state index contributed by atoms with van der Waals surface area (Å²) in [7, 11) is -3.76. The van der Waals surface area contributed by atoms with Crippen LogP contribution in [0.5, 0.6) is 5.75 Å². The molecule has 2 aromatic carbocycles. The second kappa shape index (κ2) is 14.9. The van der Waals surface area contributed by atoms with Crippen molar-refractivity contribution in [2.24, 2.45) is 23.2 Å². The molecular formula is C43H68O3SSi2. The van der Waals surface area contributed by atoms with E-state index in [4.69, 9.17) is 8.85 Å². The van der Waals surface area contributed by atoms with Gasteiger partial charge >= 0.3 is 0 Å². The molecule has 0 aromatic heterocycles. The lowest BCUT2D eigenvalue weighted by molar-refractivity contribution is -0.0344. The maximum absolute atomic E-state index is 12.5. The lowest BCUT2D eigenvalue weighted by atomic mass is 9.52. The Morgan fingerprint density at radius 3 is 2.20 bits per heavy atom. The van der Waals surface area contributed by atoms with Gasteiger partial charge in [0.1, 0.15) is 5.75 Å². The summed E-state index contributed by atoms with van der Waals surface area (Å²) in [6.45, 7) is 26.4. The van der Waals surface area contributed by atoms with Gasteiger partial charge in [0.25, 0.3) is 0 Å². The van der Waals surface area contributed by atoms with Crippen LogP contribution in [-0.4, -0.2) is 33.6 Å². The molecule has 3 aliphatic rings. The van der Waals surface area contributed by atoms with Crippen LogP contribution in [0, 0.1) is 23.2 Å². The highest BCUT2D eigenvalue weighted by Crippen LogP contribution is 2.64. The van der Waals surface area contributed by atoms with E-state index in [1.165, 1.54) is 69.5 Å². The molecular weight excluding hydrogens is 653 g/mol. The second-order valence-corrected chi connectivity index (χ2v) is 29.7. The standard InChI is InChI=1S/C43H68O3SSi2/c1-41(2,3)48(8,9)45-34-22-23-35-33(30-34)29-32(21-15-12-13-18-28-47-40(44)31-19-16-14-17-20-31)39-36(35)26-27-43(7)37(39)24-25-38(43)46-49(10,11)42(4,5)6/h14,16-17,19-20,22-23,30,32,36-39H,12-13,15,18,21,24-29H2,1-11H3/t32-,36-,37+,38+,39-,43+/m1/s1. The molecule has 0 radical (unpaired) electrons. The molecule has 0 bridgehead atoms. The van der Waals surface area contributed by atoms with Crippen LogP contribution in [0.2, 0.25) is 36.3 Å². The summed E-state index contributed by atoms with van der Waals surface area (Å²) in [4.78, 5) is 12.5. The number of carbonyl (C=O) groups is 1. The summed E-state index contributed by atoms with van der Waals surface area (Å²) in [5.41, 5.74) is 4.29. The first kappa shape index (κ1) is 38.9. The molecule has 6 atom stereocenters. The monoisotopic (exact) mass is 720 g/mol. The Bertz CT molecular complexity index is 1420. The number of hydrogen-bond donors (Lipinski definition) is 0. The van der Waals surface area contributed by atoms with Crippen LogP contribution in [0.25, 0.3) is 0 Å². The van der Waals surface area contributed by atoms with E-state index >= 15 is 0 Å². The Morgan fingerprint density at radius 2 is 1.53 bits per heavy atom. The van der Waals surface area contributed by atoms with Crippen molar-refractivity contribution in [2.75, 3.05) is 5.75 Å². The summed E-state index contributed by atoms with van der Waals surface area (Å²) in [5.74, 6) is 4.86. The van der Waals surface area contributed by atoms with Gasteiger partial charge in [-0.25, -0.2) is 0 Å². The van der Waals surface area contributed by atoms with Crippen LogP contribution in [-0.2, 0) is 10.8 Å². The topological polar surface area (TPSA) is 35.5 Å². The van der Waals surface area contributed by atoms with E-state index in [0.717, 1.165) is 35.3 Å². The molecule has 0 heterocycles. The average molecular weight is 721 g/mol. The van der Waals surface area contributed by atoms with Gasteiger partial charge in [0.2, 0.25) is 13.4 Å². The smallest absolute Gasteiger partial charge is 0.250 e. The van der Waals surface area contributed by atoms with Crippen LogP contribution in [0.1, 0.15) is 134 Å². The van der Waals surface area contributed by atoms with Crippen molar-refractivity contribution in [2.45, 2.75) is 161 Å². The Kier molecular flexibility index (Phi) is 11.9. The maximum atomic E-state index is 12.5. The van der Waals surface area contributed by atoms with Crippen molar-refractivity contribution < 1.29 is 13.6 Å². The molecule has 2 aromatic rings. The zero-order chi connectivity index (χ0) is 35.8. The van der Waals surface area contributed by atoms with Crippen molar-refractivity contribution in [3.8, 4) is 5.75 Å². The van der Waals surface area contributed by atoms with Gasteiger partial charge in [-0.15, -0.1) is 0 Å². The maximum Gasteiger partial charge on any atom is 0.250 e. The molecule has 5 rings (SSSR count). The Hall–Kier alpha value is -1.35. The quantitative estimate of drug-likeness (QED) is 0.162. The third kappa shape index (κ3) is 8.49. The van der Waals surface area contributed by atoms with E-state index < -0.39 is 16.6 Å². The first-order valence-corrected chi connectivity index (χ1v) is 26.4. The summed E-state index contributed by atoms with van der Waals surface area (Å²) in [6, 6.07) is 17.0. The number of unbranched alkanes of at least 4 members (excludes halogenated alkanes) is 3. The first-order valence-electron chi connectivity index (χ1n) is 19.6. The van der Waals surface area contributed by atoms with E-state index in [2.05, 4.69) is 92.9 Å². The molecule has 49 heavy (non-hydrogen) atoms. The van der Waals surface area contributed by atoms with Crippen molar-refractivity contribution in [1.82, 2.24) is 0 Å². The predicted octanol–water partition coefficient (Wildman–Crippen LogP) is 13.1. The highest BCUT2D eigenvalue weighted by atomic mass is 32.2. The van der Waals surface area contributed by atoms with Crippen LogP contribution in [0.3, 0.4) is 0 Å². The third-order valence-electron chi connectivity index (χ3n) is 13.9. The van der Waals surface area contributed by atoms with Gasteiger partial charge in [-0.05, 0) is 134 Å². The molecule has 272 valence electrons. The molecule has 6 heteroatoms. The molecule has 0 N–H and O–H groups in total. The number of carbonyl (C=O) groups excluding carboxylic acids is 1. The number of benzene rings is 2. The number of rotatable bonds is 12. The van der Waals surface area contributed by atoms with Crippen molar-refractivity contribution in [1.29, 1.82) is 0 Å². The van der Waals surface area contributed by atoms with Crippen molar-refractivity contribution in [3.05, 3.63) is 65.2 Å². The summed E-state index contributed by atoms with van der Waals surface area (Å²) in [5, 5.41) is 0.628. The molecule has 0 saturated heterocycles. The van der Waals surface area contributed by atoms with Crippen molar-refractivity contribution >= 4 is 33.5 Å². The highest BCUT2D eigenvalue weighted by Gasteiger charge is 2.58. The zero-order valence-corrected chi connectivity index (χ0v) is 35.7. The molecule has 0 spiro atoms. The van der Waals surface area contributed by atoms with Gasteiger partial charge < -0.3 is 8.85 Å². The minimum absolute atomic E-state index is 0.184. The summed E-state index contributed by atoms with van der Waals surface area (Å²) < 4.78 is 14.1. The molecule has 3 nitrogen and oxygen atoms in total. The largest absolute Gasteiger partial charge is 0.543 e. The fourth-order valence-electron chi connectivity index (χ4n) is 8.92. The minimum atomic E-state index is -1.91. The second-order valence-electron chi connectivity index (χ2n) is 19.2. The fourth-order valence-corrected chi connectivity index (χ4v) is 12.2. The van der Waals surface area contributed by atoms with E-state index in [1.54, 1.807) is 11.1 Å². The van der Waals surface area contributed by atoms with E-state index in [-0.39, 0.29) is 20.6 Å². The molecule has 0 amide bonds. The van der Waals surface area contributed by atoms with Gasteiger partial charge in [0.15, 0.2) is 8.32 Å². The van der Waals surface area contributed by atoms with E-state index in [0.29, 0.717) is 17.9 Å². The average Bonchev–Trinajstić information content (AvgIpc) is 3.34. The first-order chi connectivity index (χ1) is 22.8. The predicted molar refractivity (Wildman–Crippen MR) is 216 cm³/mol. The molecule has 2 fully saturated rings. The van der Waals surface area contributed by atoms with Gasteiger partial charge in [0.05, 0.1) is 6.10 Å². The zero-order valence-electron chi connectivity index (χ0n) is 32.9. The van der Waals surface area contributed by atoms with Crippen molar-refractivity contribution in [3.63, 3.8) is 0 Å². The molecule has 2 saturated carbocycles. The highest BCUT2D eigenvalue weighted by molar-refractivity contribution is 8.14. The van der Waals surface area contributed by atoms with Crippen LogP contribution in [0.15, 0.2) is 48.5 Å². The number of thioether (sulfide) groups is 1. The fraction of sp³-hybridized carbons (Fsp3) is 0.698. The van der Waals surface area contributed by atoms with Gasteiger partial charge in [-0.2, -0.15) is 0 Å². The lowest BCUT2D eigenvalue weighted by Gasteiger charge is -2.54. The third-order valence-corrected chi connectivity index (χ3v) is 23.8. The van der Waals surface area contributed by atoms with Crippen LogP contribution >= 0.6 is 11.8 Å². The van der Waals surface area contributed by atoms with E-state index in [1.807, 2.05) is 30.3 Å². The van der Waals surface area contributed by atoms with Crippen LogP contribution in [0.4, 0.5) is 0 Å². The Morgan fingerprint density at radius 1 is 0.857 bits per heavy atom. The molecule has 0 unspecified atom stereocenters. The van der Waals surface area contributed by atoms with Crippen LogP contribution < -0.4 is 4.43 Å². The summed E-state index contributed by atoms with van der Waals surface area (Å²) >= 11 is 1.49. The normalized spacial score (nSPS) is 27.3. The van der Waals surface area contributed by atoms with E-state index in [9.17, 15) is 4.79 Å². The number of fused-ring (bicyclic) bond motifs is 5. The minimum Gasteiger partial charge on any atom is -0.543 e. The Labute approximate surface area is 306 Å². The van der Waals surface area contributed by atoms with Gasteiger partial charge in [-0.1, -0.05) is 116 Å². The van der Waals surface area contributed by atoms with Gasteiger partial charge in [-0.3, -0.25) is 4.79 Å². The SMILES string of the molecule is CC(C)(C)[Si](C)(C)Oc1ccc2c(c1)C[C@@H](CCCCCCSC(=O)c1ccccc1)[C@@H]1[C@@H]2CC[C@]2(C)[C@@H](O[Si](C)(C)C(C)(C)C)CC[C@@H]12. The Balaban J connectivity index is 1.30. The molecule has 3 aliphatic carbocycles. The van der Waals surface area contributed by atoms with Gasteiger partial charge in [0, 0.05) is 11.3 Å².